The van der Waals surface area contributed by atoms with Crippen LogP contribution in [0.3, 0.4) is 0 Å². The smallest absolute Gasteiger partial charge is 0.270 e. The molecule has 0 saturated heterocycles. The molecule has 1 aromatic rings. The molecular weight excluding hydrogens is 274 g/mol. The molecule has 2 rings (SSSR count). The highest BCUT2D eigenvalue weighted by Gasteiger charge is 2.33. The number of nitrogens with zero attached hydrogens (tertiary/aromatic N) is 1. The molecule has 3 N–H and O–H groups in total. The monoisotopic (exact) mass is 297 g/mol. The van der Waals surface area contributed by atoms with Crippen molar-refractivity contribution in [3.8, 4) is 0 Å². The van der Waals surface area contributed by atoms with Crippen molar-refractivity contribution in [3.63, 3.8) is 0 Å². The van der Waals surface area contributed by atoms with E-state index in [2.05, 4.69) is 10.3 Å². The van der Waals surface area contributed by atoms with Gasteiger partial charge in [-0.3, -0.25) is 4.79 Å². The molecule has 1 aliphatic carbocycles. The second-order valence-electron chi connectivity index (χ2n) is 5.46. The number of methoxy groups -OCH3 is 1. The van der Waals surface area contributed by atoms with E-state index in [4.69, 9.17) is 10.5 Å². The number of amides is 1. The Morgan fingerprint density at radius 3 is 2.90 bits per heavy atom. The maximum absolute atomic E-state index is 12.1. The first kappa shape index (κ1) is 15.4. The highest BCUT2D eigenvalue weighted by molar-refractivity contribution is 7.09. The number of carbonyl (C=O) groups excluding carboxylic acids is 1. The Balaban J connectivity index is 1.90. The molecule has 20 heavy (non-hydrogen) atoms. The van der Waals surface area contributed by atoms with Crippen LogP contribution < -0.4 is 11.1 Å². The molecule has 1 saturated carbocycles. The van der Waals surface area contributed by atoms with Gasteiger partial charge in [0, 0.05) is 32.2 Å². The molecule has 1 aromatic heterocycles. The van der Waals surface area contributed by atoms with E-state index < -0.39 is 0 Å². The van der Waals surface area contributed by atoms with Gasteiger partial charge in [-0.05, 0) is 24.7 Å². The average Bonchev–Trinajstić information content (AvgIpc) is 3.12. The minimum atomic E-state index is -0.0929. The third-order valence-corrected chi connectivity index (χ3v) is 4.95. The molecule has 0 aliphatic heterocycles. The SMILES string of the molecule is COCCC1(CNC(=O)c2csc(CN)n2)CCCC1. The molecule has 0 spiro atoms. The van der Waals surface area contributed by atoms with Gasteiger partial charge in [0.25, 0.3) is 5.91 Å². The highest BCUT2D eigenvalue weighted by Crippen LogP contribution is 2.40. The Kier molecular flexibility index (Phi) is 5.51. The summed E-state index contributed by atoms with van der Waals surface area (Å²) in [5, 5.41) is 5.61. The summed E-state index contributed by atoms with van der Waals surface area (Å²) in [6, 6.07) is 0. The molecule has 1 aliphatic rings. The molecule has 1 fully saturated rings. The van der Waals surface area contributed by atoms with Gasteiger partial charge in [-0.15, -0.1) is 11.3 Å². The number of hydrogen-bond acceptors (Lipinski definition) is 5. The van der Waals surface area contributed by atoms with E-state index in [0.29, 0.717) is 18.8 Å². The first-order valence-corrected chi connectivity index (χ1v) is 7.99. The molecule has 1 heterocycles. The lowest BCUT2D eigenvalue weighted by Gasteiger charge is -2.28. The molecule has 0 aromatic carbocycles. The fourth-order valence-corrected chi connectivity index (χ4v) is 3.48. The zero-order valence-electron chi connectivity index (χ0n) is 12.0. The fraction of sp³-hybridized carbons (Fsp3) is 0.714. The van der Waals surface area contributed by atoms with E-state index in [1.807, 2.05) is 0 Å². The van der Waals surface area contributed by atoms with Crippen LogP contribution in [0, 0.1) is 5.41 Å². The minimum absolute atomic E-state index is 0.0929. The molecule has 0 radical (unpaired) electrons. The van der Waals surface area contributed by atoms with Crippen molar-refractivity contribution in [1.82, 2.24) is 10.3 Å². The maximum Gasteiger partial charge on any atom is 0.270 e. The molecule has 1 amide bonds. The number of nitrogens with two attached hydrogens (primary N) is 1. The van der Waals surface area contributed by atoms with Crippen molar-refractivity contribution in [3.05, 3.63) is 16.1 Å². The van der Waals surface area contributed by atoms with Gasteiger partial charge in [-0.2, -0.15) is 0 Å². The van der Waals surface area contributed by atoms with E-state index in [1.165, 1.54) is 37.0 Å². The lowest BCUT2D eigenvalue weighted by molar-refractivity contribution is 0.0899. The van der Waals surface area contributed by atoms with Gasteiger partial charge in [-0.25, -0.2) is 4.98 Å². The van der Waals surface area contributed by atoms with Crippen LogP contribution in [0.5, 0.6) is 0 Å². The predicted octanol–water partition coefficient (Wildman–Crippen LogP) is 1.93. The van der Waals surface area contributed by atoms with Crippen LogP contribution in [-0.4, -0.2) is 31.2 Å². The summed E-state index contributed by atoms with van der Waals surface area (Å²) in [5.41, 5.74) is 6.20. The van der Waals surface area contributed by atoms with Gasteiger partial charge >= 0.3 is 0 Å². The van der Waals surface area contributed by atoms with Crippen LogP contribution in [-0.2, 0) is 11.3 Å². The quantitative estimate of drug-likeness (QED) is 0.806. The molecule has 6 heteroatoms. The van der Waals surface area contributed by atoms with Gasteiger partial charge in [0.05, 0.1) is 0 Å². The topological polar surface area (TPSA) is 77.2 Å². The summed E-state index contributed by atoms with van der Waals surface area (Å²) in [6.45, 7) is 1.85. The summed E-state index contributed by atoms with van der Waals surface area (Å²) < 4.78 is 5.20. The minimum Gasteiger partial charge on any atom is -0.385 e. The van der Waals surface area contributed by atoms with Gasteiger partial charge in [0.15, 0.2) is 0 Å². The number of hydrogen-bond donors (Lipinski definition) is 2. The van der Waals surface area contributed by atoms with Crippen molar-refractivity contribution < 1.29 is 9.53 Å². The zero-order chi connectivity index (χ0) is 14.4. The highest BCUT2D eigenvalue weighted by atomic mass is 32.1. The van der Waals surface area contributed by atoms with E-state index in [-0.39, 0.29) is 11.3 Å². The average molecular weight is 297 g/mol. The number of carbonyl (C=O) groups is 1. The van der Waals surface area contributed by atoms with Crippen LogP contribution in [0.1, 0.15) is 47.6 Å². The van der Waals surface area contributed by atoms with E-state index in [0.717, 1.165) is 18.0 Å². The Labute approximate surface area is 123 Å². The Bertz CT molecular complexity index is 441. The van der Waals surface area contributed by atoms with Gasteiger partial charge < -0.3 is 15.8 Å². The standard InChI is InChI=1S/C14H23N3O2S/c1-19-7-6-14(4-2-3-5-14)10-16-13(18)11-9-20-12(8-15)17-11/h9H,2-8,10,15H2,1H3,(H,16,18). The van der Waals surface area contributed by atoms with Crippen molar-refractivity contribution >= 4 is 17.2 Å². The number of rotatable bonds is 7. The third kappa shape index (κ3) is 3.77. The summed E-state index contributed by atoms with van der Waals surface area (Å²) in [4.78, 5) is 16.3. The first-order chi connectivity index (χ1) is 9.69. The molecule has 0 bridgehead atoms. The molecule has 112 valence electrons. The summed E-state index contributed by atoms with van der Waals surface area (Å²) in [6.07, 6.45) is 5.83. The second-order valence-corrected chi connectivity index (χ2v) is 6.41. The van der Waals surface area contributed by atoms with E-state index in [9.17, 15) is 4.79 Å². The van der Waals surface area contributed by atoms with Crippen LogP contribution in [0.15, 0.2) is 5.38 Å². The van der Waals surface area contributed by atoms with Crippen molar-refractivity contribution in [2.24, 2.45) is 11.1 Å². The largest absolute Gasteiger partial charge is 0.385 e. The lowest BCUT2D eigenvalue weighted by atomic mass is 9.83. The maximum atomic E-state index is 12.1. The van der Waals surface area contributed by atoms with Gasteiger partial charge in [0.2, 0.25) is 0 Å². The first-order valence-electron chi connectivity index (χ1n) is 7.11. The van der Waals surface area contributed by atoms with Crippen LogP contribution >= 0.6 is 11.3 Å². The molecular formula is C14H23N3O2S. The predicted molar refractivity (Wildman–Crippen MR) is 79.7 cm³/mol. The van der Waals surface area contributed by atoms with E-state index >= 15 is 0 Å². The zero-order valence-corrected chi connectivity index (χ0v) is 12.8. The summed E-state index contributed by atoms with van der Waals surface area (Å²) in [7, 11) is 1.73. The van der Waals surface area contributed by atoms with Crippen LogP contribution in [0.2, 0.25) is 0 Å². The Morgan fingerprint density at radius 2 is 2.30 bits per heavy atom. The fourth-order valence-electron chi connectivity index (χ4n) is 2.83. The summed E-state index contributed by atoms with van der Waals surface area (Å²) >= 11 is 1.43. The number of aromatic nitrogens is 1. The van der Waals surface area contributed by atoms with Crippen LogP contribution in [0.4, 0.5) is 0 Å². The Morgan fingerprint density at radius 1 is 1.55 bits per heavy atom. The number of ether oxygens (including phenoxy) is 1. The molecule has 0 unspecified atom stereocenters. The Hall–Kier alpha value is -0.980. The molecule has 0 atom stereocenters. The van der Waals surface area contributed by atoms with Gasteiger partial charge in [0.1, 0.15) is 10.7 Å². The van der Waals surface area contributed by atoms with E-state index in [1.54, 1.807) is 12.5 Å². The number of nitrogens with one attached hydrogen (secondary N) is 1. The normalized spacial score (nSPS) is 17.3. The second kappa shape index (κ2) is 7.15. The third-order valence-electron chi connectivity index (χ3n) is 4.08. The van der Waals surface area contributed by atoms with Gasteiger partial charge in [-0.1, -0.05) is 12.8 Å². The van der Waals surface area contributed by atoms with Crippen molar-refractivity contribution in [1.29, 1.82) is 0 Å². The number of thiazole rings is 1. The lowest BCUT2D eigenvalue weighted by Crippen LogP contribution is -2.36. The van der Waals surface area contributed by atoms with Crippen molar-refractivity contribution in [2.75, 3.05) is 20.3 Å². The van der Waals surface area contributed by atoms with Crippen LogP contribution in [0.25, 0.3) is 0 Å². The summed E-state index contributed by atoms with van der Waals surface area (Å²) in [5.74, 6) is -0.0929. The molecule has 5 nitrogen and oxygen atoms in total. The van der Waals surface area contributed by atoms with Crippen molar-refractivity contribution in [2.45, 2.75) is 38.6 Å².